The summed E-state index contributed by atoms with van der Waals surface area (Å²) in [5.41, 5.74) is 2.91. The molecule has 0 atom stereocenters. The molecule has 0 aliphatic carbocycles. The number of nitrogens with zero attached hydrogens (tertiary/aromatic N) is 1. The van der Waals surface area contributed by atoms with Crippen LogP contribution in [-0.2, 0) is 11.3 Å². The Hall–Kier alpha value is -1.78. The highest BCUT2D eigenvalue weighted by atomic mass is 35.5. The van der Waals surface area contributed by atoms with Crippen LogP contribution in [0.4, 0.5) is 5.69 Å². The molecule has 2 aromatic rings. The van der Waals surface area contributed by atoms with Gasteiger partial charge in [0.25, 0.3) is 0 Å². The smallest absolute Gasteiger partial charge is 0.338 e. The van der Waals surface area contributed by atoms with Crippen LogP contribution < -0.4 is 5.32 Å². The van der Waals surface area contributed by atoms with Crippen molar-refractivity contribution in [3.05, 3.63) is 57.3 Å². The fourth-order valence-corrected chi connectivity index (χ4v) is 2.57. The summed E-state index contributed by atoms with van der Waals surface area (Å²) in [4.78, 5) is 15.7. The summed E-state index contributed by atoms with van der Waals surface area (Å²) in [5, 5.41) is 3.83. The molecular weight excluding hydrogens is 311 g/mol. The van der Waals surface area contributed by atoms with Gasteiger partial charge in [0.05, 0.1) is 18.4 Å². The van der Waals surface area contributed by atoms with Crippen LogP contribution in [0, 0.1) is 6.92 Å². The van der Waals surface area contributed by atoms with Crippen LogP contribution in [0.3, 0.4) is 0 Å². The van der Waals surface area contributed by atoms with Gasteiger partial charge in [-0.15, -0.1) is 0 Å². The predicted octanol–water partition coefficient (Wildman–Crippen LogP) is 4.10. The molecule has 0 aliphatic heterocycles. The average molecular weight is 325 g/mol. The van der Waals surface area contributed by atoms with E-state index in [9.17, 15) is 4.79 Å². The van der Waals surface area contributed by atoms with E-state index in [1.54, 1.807) is 18.2 Å². The molecule has 0 aliphatic rings. The number of methoxy groups -OCH3 is 1. The number of esters is 1. The van der Waals surface area contributed by atoms with Crippen molar-refractivity contribution in [1.29, 1.82) is 0 Å². The fraction of sp³-hybridized carbons (Fsp3) is 0.200. The van der Waals surface area contributed by atoms with E-state index in [1.807, 2.05) is 19.1 Å². The highest BCUT2D eigenvalue weighted by Crippen LogP contribution is 2.27. The van der Waals surface area contributed by atoms with E-state index >= 15 is 0 Å². The Morgan fingerprint density at radius 2 is 2.05 bits per heavy atom. The van der Waals surface area contributed by atoms with Gasteiger partial charge < -0.3 is 10.1 Å². The topological polar surface area (TPSA) is 51.2 Å². The Labute approximate surface area is 133 Å². The first-order valence-electron chi connectivity index (χ1n) is 6.25. The number of halogens is 2. The first kappa shape index (κ1) is 15.6. The van der Waals surface area contributed by atoms with E-state index in [-0.39, 0.29) is 5.97 Å². The average Bonchev–Trinajstić information content (AvgIpc) is 2.45. The number of carbonyl (C=O) groups excluding carboxylic acids is 1. The zero-order valence-electron chi connectivity index (χ0n) is 11.6. The third kappa shape index (κ3) is 3.65. The molecule has 0 spiro atoms. The first-order chi connectivity index (χ1) is 10.0. The molecule has 6 heteroatoms. The number of hydrogen-bond acceptors (Lipinski definition) is 4. The molecule has 0 saturated carbocycles. The molecule has 1 heterocycles. The summed E-state index contributed by atoms with van der Waals surface area (Å²) in [6.45, 7) is 2.31. The van der Waals surface area contributed by atoms with Gasteiger partial charge in [-0.25, -0.2) is 9.78 Å². The molecule has 0 saturated heterocycles. The van der Waals surface area contributed by atoms with Crippen molar-refractivity contribution in [1.82, 2.24) is 4.98 Å². The Balaban J connectivity index is 2.23. The zero-order valence-corrected chi connectivity index (χ0v) is 13.1. The van der Waals surface area contributed by atoms with Gasteiger partial charge in [-0.2, -0.15) is 0 Å². The zero-order chi connectivity index (χ0) is 15.4. The third-order valence-electron chi connectivity index (χ3n) is 3.02. The number of pyridine rings is 1. The van der Waals surface area contributed by atoms with Gasteiger partial charge >= 0.3 is 5.97 Å². The molecule has 1 N–H and O–H groups in total. The van der Waals surface area contributed by atoms with E-state index in [0.717, 1.165) is 11.1 Å². The number of aromatic nitrogens is 1. The molecule has 0 fully saturated rings. The number of ether oxygens (including phenoxy) is 1. The summed E-state index contributed by atoms with van der Waals surface area (Å²) >= 11 is 11.9. The molecular formula is C15H14Cl2N2O2. The van der Waals surface area contributed by atoms with Gasteiger partial charge in [0.15, 0.2) is 5.15 Å². The summed E-state index contributed by atoms with van der Waals surface area (Å²) < 4.78 is 4.77. The second-order valence-corrected chi connectivity index (χ2v) is 5.18. The van der Waals surface area contributed by atoms with Gasteiger partial charge in [0.1, 0.15) is 5.15 Å². The number of rotatable bonds is 4. The van der Waals surface area contributed by atoms with E-state index in [2.05, 4.69) is 10.3 Å². The monoisotopic (exact) mass is 324 g/mol. The lowest BCUT2D eigenvalue weighted by Crippen LogP contribution is -2.10. The maximum atomic E-state index is 11.7. The first-order valence-corrected chi connectivity index (χ1v) is 7.01. The van der Waals surface area contributed by atoms with E-state index < -0.39 is 0 Å². The van der Waals surface area contributed by atoms with Crippen molar-refractivity contribution < 1.29 is 9.53 Å². The Morgan fingerprint density at radius 3 is 2.71 bits per heavy atom. The minimum atomic E-state index is -0.371. The molecule has 2 rings (SSSR count). The second-order valence-electron chi connectivity index (χ2n) is 4.43. The molecule has 0 bridgehead atoms. The van der Waals surface area contributed by atoms with Crippen molar-refractivity contribution >= 4 is 34.9 Å². The van der Waals surface area contributed by atoms with Crippen LogP contribution in [0.5, 0.6) is 0 Å². The Bertz CT molecular complexity index is 651. The van der Waals surface area contributed by atoms with Crippen LogP contribution in [0.15, 0.2) is 30.3 Å². The van der Waals surface area contributed by atoms with Crippen LogP contribution in [0.25, 0.3) is 0 Å². The lowest BCUT2D eigenvalue weighted by molar-refractivity contribution is 0.0599. The number of nitrogens with one attached hydrogen (secondary N) is 1. The number of carbonyl (C=O) groups is 1. The highest BCUT2D eigenvalue weighted by molar-refractivity contribution is 6.34. The Morgan fingerprint density at radius 1 is 1.33 bits per heavy atom. The van der Waals surface area contributed by atoms with Crippen molar-refractivity contribution in [2.75, 3.05) is 12.4 Å². The fourth-order valence-electron chi connectivity index (χ4n) is 1.97. The summed E-state index contributed by atoms with van der Waals surface area (Å²) in [6.07, 6.45) is 0. The molecule has 21 heavy (non-hydrogen) atoms. The normalized spacial score (nSPS) is 10.3. The third-order valence-corrected chi connectivity index (χ3v) is 3.49. The van der Waals surface area contributed by atoms with Crippen LogP contribution in [0.1, 0.15) is 21.5 Å². The van der Waals surface area contributed by atoms with E-state index in [0.29, 0.717) is 28.1 Å². The SMILES string of the molecule is COC(=O)c1ccccc1CNc1c(C)cc(Cl)nc1Cl. The van der Waals surface area contributed by atoms with Crippen molar-refractivity contribution in [2.24, 2.45) is 0 Å². The second kappa shape index (κ2) is 6.78. The number of benzene rings is 1. The van der Waals surface area contributed by atoms with Crippen molar-refractivity contribution in [3.63, 3.8) is 0 Å². The molecule has 4 nitrogen and oxygen atoms in total. The highest BCUT2D eigenvalue weighted by Gasteiger charge is 2.12. The summed E-state index contributed by atoms with van der Waals surface area (Å²) in [7, 11) is 1.36. The van der Waals surface area contributed by atoms with Gasteiger partial charge in [-0.05, 0) is 30.2 Å². The molecule has 1 aromatic heterocycles. The van der Waals surface area contributed by atoms with Gasteiger partial charge in [-0.1, -0.05) is 41.4 Å². The lowest BCUT2D eigenvalue weighted by Gasteiger charge is -2.13. The van der Waals surface area contributed by atoms with E-state index in [1.165, 1.54) is 7.11 Å². The number of anilines is 1. The maximum Gasteiger partial charge on any atom is 0.338 e. The van der Waals surface area contributed by atoms with Crippen molar-refractivity contribution in [3.8, 4) is 0 Å². The van der Waals surface area contributed by atoms with Crippen LogP contribution >= 0.6 is 23.2 Å². The molecule has 0 radical (unpaired) electrons. The van der Waals surface area contributed by atoms with Crippen molar-refractivity contribution in [2.45, 2.75) is 13.5 Å². The maximum absolute atomic E-state index is 11.7. The van der Waals surface area contributed by atoms with Crippen LogP contribution in [-0.4, -0.2) is 18.1 Å². The quantitative estimate of drug-likeness (QED) is 0.679. The Kier molecular flexibility index (Phi) is 5.04. The molecule has 0 unspecified atom stereocenters. The van der Waals surface area contributed by atoms with Gasteiger partial charge in [-0.3, -0.25) is 0 Å². The largest absolute Gasteiger partial charge is 0.465 e. The molecule has 110 valence electrons. The van der Waals surface area contributed by atoms with E-state index in [4.69, 9.17) is 27.9 Å². The minimum Gasteiger partial charge on any atom is -0.465 e. The van der Waals surface area contributed by atoms with Gasteiger partial charge in [0.2, 0.25) is 0 Å². The summed E-state index contributed by atoms with van der Waals surface area (Å²) in [6, 6.07) is 8.95. The van der Waals surface area contributed by atoms with Crippen LogP contribution in [0.2, 0.25) is 10.3 Å². The minimum absolute atomic E-state index is 0.301. The van der Waals surface area contributed by atoms with Gasteiger partial charge in [0, 0.05) is 6.54 Å². The number of aryl methyl sites for hydroxylation is 1. The predicted molar refractivity (Wildman–Crippen MR) is 84.1 cm³/mol. The summed E-state index contributed by atoms with van der Waals surface area (Å²) in [5.74, 6) is -0.371. The lowest BCUT2D eigenvalue weighted by atomic mass is 10.1. The molecule has 0 amide bonds. The number of hydrogen-bond donors (Lipinski definition) is 1. The molecule has 1 aromatic carbocycles. The standard InChI is InChI=1S/C15H14Cl2N2O2/c1-9-7-12(16)19-14(17)13(9)18-8-10-5-3-4-6-11(10)15(20)21-2/h3-7,18H,8H2,1-2H3.